The van der Waals surface area contributed by atoms with E-state index < -0.39 is 0 Å². The van der Waals surface area contributed by atoms with Gasteiger partial charge in [-0.3, -0.25) is 4.79 Å². The molecule has 0 aliphatic heterocycles. The van der Waals surface area contributed by atoms with E-state index in [2.05, 4.69) is 5.32 Å². The van der Waals surface area contributed by atoms with Crippen LogP contribution < -0.4 is 10.1 Å². The molecular formula is C17H15Cl2NO2. The van der Waals surface area contributed by atoms with Crippen molar-refractivity contribution in [3.8, 4) is 5.75 Å². The largest absolute Gasteiger partial charge is 0.497 e. The molecule has 0 aromatic heterocycles. The summed E-state index contributed by atoms with van der Waals surface area (Å²) in [4.78, 5) is 11.8. The highest BCUT2D eigenvalue weighted by Crippen LogP contribution is 2.20. The van der Waals surface area contributed by atoms with Crippen LogP contribution in [0.4, 0.5) is 0 Å². The first-order valence-corrected chi connectivity index (χ1v) is 7.38. The SMILES string of the molecule is COc1ccc(C=CC(=O)NCc2ccc(Cl)cc2Cl)cc1. The van der Waals surface area contributed by atoms with Crippen molar-refractivity contribution in [3.05, 3.63) is 69.7 Å². The Morgan fingerprint density at radius 2 is 1.91 bits per heavy atom. The highest BCUT2D eigenvalue weighted by atomic mass is 35.5. The van der Waals surface area contributed by atoms with Crippen molar-refractivity contribution in [2.75, 3.05) is 7.11 Å². The summed E-state index contributed by atoms with van der Waals surface area (Å²) in [6.45, 7) is 0.349. The summed E-state index contributed by atoms with van der Waals surface area (Å²) >= 11 is 11.9. The molecule has 2 rings (SSSR count). The molecule has 5 heteroatoms. The molecule has 0 unspecified atom stereocenters. The first-order chi connectivity index (χ1) is 10.6. The van der Waals surface area contributed by atoms with Crippen LogP contribution in [0.25, 0.3) is 6.08 Å². The van der Waals surface area contributed by atoms with E-state index in [1.54, 1.807) is 31.4 Å². The maximum Gasteiger partial charge on any atom is 0.244 e. The number of carbonyl (C=O) groups is 1. The topological polar surface area (TPSA) is 38.3 Å². The van der Waals surface area contributed by atoms with Crippen LogP contribution in [0.2, 0.25) is 10.0 Å². The molecule has 2 aromatic rings. The normalized spacial score (nSPS) is 10.7. The highest BCUT2D eigenvalue weighted by molar-refractivity contribution is 6.35. The third-order valence-corrected chi connectivity index (χ3v) is 3.60. The maximum atomic E-state index is 11.8. The lowest BCUT2D eigenvalue weighted by Crippen LogP contribution is -2.20. The summed E-state index contributed by atoms with van der Waals surface area (Å²) in [6.07, 6.45) is 3.21. The van der Waals surface area contributed by atoms with Crippen LogP contribution >= 0.6 is 23.2 Å². The number of halogens is 2. The number of rotatable bonds is 5. The number of benzene rings is 2. The van der Waals surface area contributed by atoms with E-state index in [-0.39, 0.29) is 5.91 Å². The average Bonchev–Trinajstić information content (AvgIpc) is 2.52. The second-order valence-electron chi connectivity index (χ2n) is 4.56. The summed E-state index contributed by atoms with van der Waals surface area (Å²) in [5, 5.41) is 3.88. The first kappa shape index (κ1) is 16.4. The fourth-order valence-corrected chi connectivity index (χ4v) is 2.27. The molecular weight excluding hydrogens is 321 g/mol. The molecule has 0 aliphatic carbocycles. The van der Waals surface area contributed by atoms with Crippen LogP contribution in [0, 0.1) is 0 Å². The Morgan fingerprint density at radius 1 is 1.18 bits per heavy atom. The number of hydrogen-bond donors (Lipinski definition) is 1. The number of nitrogens with one attached hydrogen (secondary N) is 1. The molecule has 0 saturated heterocycles. The number of methoxy groups -OCH3 is 1. The standard InChI is InChI=1S/C17H15Cl2NO2/c1-22-15-7-2-12(3-8-15)4-9-17(21)20-11-13-5-6-14(18)10-16(13)19/h2-10H,11H2,1H3,(H,20,21). The fraction of sp³-hybridized carbons (Fsp3) is 0.118. The number of carbonyl (C=O) groups excluding carboxylic acids is 1. The second-order valence-corrected chi connectivity index (χ2v) is 5.40. The molecule has 1 amide bonds. The molecule has 0 fully saturated rings. The molecule has 0 atom stereocenters. The average molecular weight is 336 g/mol. The molecule has 2 aromatic carbocycles. The van der Waals surface area contributed by atoms with Crippen molar-refractivity contribution in [3.63, 3.8) is 0 Å². The van der Waals surface area contributed by atoms with E-state index >= 15 is 0 Å². The number of hydrogen-bond acceptors (Lipinski definition) is 2. The van der Waals surface area contributed by atoms with Gasteiger partial charge in [0.1, 0.15) is 5.75 Å². The van der Waals surface area contributed by atoms with E-state index in [4.69, 9.17) is 27.9 Å². The summed E-state index contributed by atoms with van der Waals surface area (Å²) in [5.41, 5.74) is 1.73. The molecule has 0 spiro atoms. The summed E-state index contributed by atoms with van der Waals surface area (Å²) in [5.74, 6) is 0.584. The number of ether oxygens (including phenoxy) is 1. The van der Waals surface area contributed by atoms with Gasteiger partial charge >= 0.3 is 0 Å². The van der Waals surface area contributed by atoms with Crippen molar-refractivity contribution in [1.29, 1.82) is 0 Å². The molecule has 0 bridgehead atoms. The lowest BCUT2D eigenvalue weighted by Gasteiger charge is -2.05. The van der Waals surface area contributed by atoms with Crippen molar-refractivity contribution in [2.45, 2.75) is 6.54 Å². The van der Waals surface area contributed by atoms with E-state index in [0.29, 0.717) is 16.6 Å². The van der Waals surface area contributed by atoms with Gasteiger partial charge in [0, 0.05) is 22.7 Å². The summed E-state index contributed by atoms with van der Waals surface area (Å²) in [6, 6.07) is 12.6. The van der Waals surface area contributed by atoms with E-state index in [1.807, 2.05) is 24.3 Å². The van der Waals surface area contributed by atoms with Crippen LogP contribution in [-0.4, -0.2) is 13.0 Å². The van der Waals surface area contributed by atoms with Gasteiger partial charge in [0.2, 0.25) is 5.91 Å². The molecule has 0 saturated carbocycles. The van der Waals surface area contributed by atoms with Gasteiger partial charge in [-0.1, -0.05) is 41.4 Å². The molecule has 114 valence electrons. The van der Waals surface area contributed by atoms with Crippen LogP contribution in [0.3, 0.4) is 0 Å². The Kier molecular flexibility index (Phi) is 5.87. The molecule has 22 heavy (non-hydrogen) atoms. The fourth-order valence-electron chi connectivity index (χ4n) is 1.79. The quantitative estimate of drug-likeness (QED) is 0.826. The van der Waals surface area contributed by atoms with Crippen molar-refractivity contribution >= 4 is 35.2 Å². The van der Waals surface area contributed by atoms with E-state index in [9.17, 15) is 4.79 Å². The van der Waals surface area contributed by atoms with Gasteiger partial charge in [-0.25, -0.2) is 0 Å². The summed E-state index contributed by atoms with van der Waals surface area (Å²) < 4.78 is 5.08. The Morgan fingerprint density at radius 3 is 2.55 bits per heavy atom. The molecule has 3 nitrogen and oxygen atoms in total. The van der Waals surface area contributed by atoms with Gasteiger partial charge < -0.3 is 10.1 Å². The van der Waals surface area contributed by atoms with Gasteiger partial charge in [-0.05, 0) is 41.5 Å². The minimum absolute atomic E-state index is 0.193. The molecule has 1 N–H and O–H groups in total. The molecule has 0 aliphatic rings. The van der Waals surface area contributed by atoms with Crippen LogP contribution in [-0.2, 0) is 11.3 Å². The predicted octanol–water partition coefficient (Wildman–Crippen LogP) is 4.33. The van der Waals surface area contributed by atoms with E-state index in [1.165, 1.54) is 6.08 Å². The van der Waals surface area contributed by atoms with Crippen LogP contribution in [0.15, 0.2) is 48.5 Å². The lowest BCUT2D eigenvalue weighted by molar-refractivity contribution is -0.116. The smallest absolute Gasteiger partial charge is 0.244 e. The van der Waals surface area contributed by atoms with Crippen LogP contribution in [0.1, 0.15) is 11.1 Å². The zero-order chi connectivity index (χ0) is 15.9. The zero-order valence-electron chi connectivity index (χ0n) is 12.0. The predicted molar refractivity (Wildman–Crippen MR) is 90.3 cm³/mol. The van der Waals surface area contributed by atoms with Crippen molar-refractivity contribution < 1.29 is 9.53 Å². The van der Waals surface area contributed by atoms with Crippen molar-refractivity contribution in [1.82, 2.24) is 5.32 Å². The first-order valence-electron chi connectivity index (χ1n) is 6.62. The van der Waals surface area contributed by atoms with Gasteiger partial charge in [-0.15, -0.1) is 0 Å². The monoisotopic (exact) mass is 335 g/mol. The minimum Gasteiger partial charge on any atom is -0.497 e. The van der Waals surface area contributed by atoms with Gasteiger partial charge in [0.25, 0.3) is 0 Å². The summed E-state index contributed by atoms with van der Waals surface area (Å²) in [7, 11) is 1.61. The Hall–Kier alpha value is -1.97. The zero-order valence-corrected chi connectivity index (χ0v) is 13.5. The maximum absolute atomic E-state index is 11.8. The van der Waals surface area contributed by atoms with Crippen LogP contribution in [0.5, 0.6) is 5.75 Å². The molecule has 0 radical (unpaired) electrons. The van der Waals surface area contributed by atoms with Gasteiger partial charge in [0.05, 0.1) is 7.11 Å². The highest BCUT2D eigenvalue weighted by Gasteiger charge is 2.02. The van der Waals surface area contributed by atoms with Crippen molar-refractivity contribution in [2.24, 2.45) is 0 Å². The Bertz CT molecular complexity index is 682. The van der Waals surface area contributed by atoms with Gasteiger partial charge in [-0.2, -0.15) is 0 Å². The molecule has 0 heterocycles. The van der Waals surface area contributed by atoms with Gasteiger partial charge in [0.15, 0.2) is 0 Å². The second kappa shape index (κ2) is 7.87. The number of amides is 1. The lowest BCUT2D eigenvalue weighted by atomic mass is 10.2. The third kappa shape index (κ3) is 4.79. The third-order valence-electron chi connectivity index (χ3n) is 3.01. The minimum atomic E-state index is -0.193. The Balaban J connectivity index is 1.90. The Labute approximate surface area is 139 Å². The van der Waals surface area contributed by atoms with E-state index in [0.717, 1.165) is 16.9 Å².